The van der Waals surface area contributed by atoms with Gasteiger partial charge >= 0.3 is 13.5 Å². The van der Waals surface area contributed by atoms with Crippen LogP contribution in [0.2, 0.25) is 0 Å². The monoisotopic (exact) mass is 439 g/mol. The fraction of sp³-hybridized carbons (Fsp3) is 0.300. The topological polar surface area (TPSA) is 105 Å². The number of hydrogen-bond acceptors (Lipinski definition) is 6. The molecule has 166 valence electrons. The molecule has 7 nitrogen and oxygen atoms in total. The van der Waals surface area contributed by atoms with Gasteiger partial charge in [0.25, 0.3) is 0 Å². The van der Waals surface area contributed by atoms with Gasteiger partial charge in [-0.25, -0.2) is 0 Å². The third kappa shape index (κ3) is 8.31. The summed E-state index contributed by atoms with van der Waals surface area (Å²) in [5.41, 5.74) is 0.857. The number of alkyl halides is 3. The van der Waals surface area contributed by atoms with Gasteiger partial charge in [0.2, 0.25) is 5.91 Å². The van der Waals surface area contributed by atoms with Crippen molar-refractivity contribution in [2.75, 3.05) is 7.11 Å². The standard InChI is InChI=1S/C20H21BF3NO6/c1-30-15-8-4-14(5-9-15)17(26)10-11-19(27)25-18(21(28)29)12-13-2-6-16(7-3-13)31-20(22,23)24/h2-9,18,28-29H,10-12H2,1H3,(H,25,27)/t18-/m0/s1. The smallest absolute Gasteiger partial charge is 0.497 e. The number of methoxy groups -OCH3 is 1. The number of rotatable bonds is 10. The predicted octanol–water partition coefficient (Wildman–Crippen LogP) is 2.30. The van der Waals surface area contributed by atoms with Crippen molar-refractivity contribution in [2.24, 2.45) is 0 Å². The van der Waals surface area contributed by atoms with E-state index in [2.05, 4.69) is 10.1 Å². The summed E-state index contributed by atoms with van der Waals surface area (Å²) in [5.74, 6) is -1.78. The molecule has 3 N–H and O–H groups in total. The molecule has 0 aliphatic rings. The number of carbonyl (C=O) groups is 2. The highest BCUT2D eigenvalue weighted by molar-refractivity contribution is 6.43. The summed E-state index contributed by atoms with van der Waals surface area (Å²) in [6, 6.07) is 11.2. The number of Topliss-reactive ketones (excluding diaryl/α,β-unsaturated/α-hetero) is 1. The van der Waals surface area contributed by atoms with E-state index in [-0.39, 0.29) is 25.0 Å². The summed E-state index contributed by atoms with van der Waals surface area (Å²) >= 11 is 0. The molecule has 2 aromatic carbocycles. The number of nitrogens with one attached hydrogen (secondary N) is 1. The summed E-state index contributed by atoms with van der Waals surface area (Å²) in [6.45, 7) is 0. The van der Waals surface area contributed by atoms with Gasteiger partial charge in [-0.05, 0) is 48.4 Å². The second kappa shape index (κ2) is 10.8. The van der Waals surface area contributed by atoms with Crippen LogP contribution in [0.25, 0.3) is 0 Å². The maximum absolute atomic E-state index is 12.2. The zero-order valence-corrected chi connectivity index (χ0v) is 16.6. The number of amides is 1. The summed E-state index contributed by atoms with van der Waals surface area (Å²) in [5, 5.41) is 21.5. The molecule has 2 aromatic rings. The Bertz CT molecular complexity index is 872. The van der Waals surface area contributed by atoms with Crippen molar-refractivity contribution in [2.45, 2.75) is 31.6 Å². The van der Waals surface area contributed by atoms with Crippen molar-refractivity contribution >= 4 is 18.8 Å². The number of ether oxygens (including phenoxy) is 2. The SMILES string of the molecule is COc1ccc(C(=O)CCC(=O)N[C@@H](Cc2ccc(OC(F)(F)F)cc2)B(O)O)cc1. The van der Waals surface area contributed by atoms with E-state index in [9.17, 15) is 32.8 Å². The minimum absolute atomic E-state index is 0.0534. The average Bonchev–Trinajstić information content (AvgIpc) is 2.71. The van der Waals surface area contributed by atoms with E-state index in [1.807, 2.05) is 0 Å². The quantitative estimate of drug-likeness (QED) is 0.388. The van der Waals surface area contributed by atoms with Crippen molar-refractivity contribution < 1.29 is 42.3 Å². The molecule has 0 bridgehead atoms. The highest BCUT2D eigenvalue weighted by Gasteiger charge is 2.31. The molecule has 0 aromatic heterocycles. The van der Waals surface area contributed by atoms with Gasteiger partial charge in [0.05, 0.1) is 13.1 Å². The second-order valence-corrected chi connectivity index (χ2v) is 6.64. The predicted molar refractivity (Wildman–Crippen MR) is 106 cm³/mol. The highest BCUT2D eigenvalue weighted by atomic mass is 19.4. The Hall–Kier alpha value is -3.05. The molecule has 0 unspecified atom stereocenters. The lowest BCUT2D eigenvalue weighted by molar-refractivity contribution is -0.274. The van der Waals surface area contributed by atoms with Gasteiger partial charge in [0.1, 0.15) is 11.5 Å². The first kappa shape index (κ1) is 24.2. The van der Waals surface area contributed by atoms with Gasteiger partial charge < -0.3 is 24.8 Å². The molecule has 31 heavy (non-hydrogen) atoms. The summed E-state index contributed by atoms with van der Waals surface area (Å²) in [4.78, 5) is 24.3. The minimum Gasteiger partial charge on any atom is -0.497 e. The summed E-state index contributed by atoms with van der Waals surface area (Å²) in [7, 11) is -0.412. The average molecular weight is 439 g/mol. The zero-order chi connectivity index (χ0) is 23.0. The molecular weight excluding hydrogens is 418 g/mol. The van der Waals surface area contributed by atoms with Crippen LogP contribution in [0.15, 0.2) is 48.5 Å². The fourth-order valence-corrected chi connectivity index (χ4v) is 2.74. The van der Waals surface area contributed by atoms with Crippen molar-refractivity contribution in [3.8, 4) is 11.5 Å². The molecule has 0 fully saturated rings. The molecular formula is C20H21BF3NO6. The molecule has 0 radical (unpaired) electrons. The van der Waals surface area contributed by atoms with E-state index in [1.165, 1.54) is 19.2 Å². The Kier molecular flexibility index (Phi) is 8.46. The molecule has 0 aliphatic carbocycles. The van der Waals surface area contributed by atoms with Crippen LogP contribution in [0.1, 0.15) is 28.8 Å². The van der Waals surface area contributed by atoms with Gasteiger partial charge in [-0.1, -0.05) is 12.1 Å². The molecule has 0 heterocycles. The van der Waals surface area contributed by atoms with Crippen molar-refractivity contribution in [1.29, 1.82) is 0 Å². The van der Waals surface area contributed by atoms with E-state index in [0.29, 0.717) is 16.9 Å². The maximum Gasteiger partial charge on any atom is 0.573 e. The van der Waals surface area contributed by atoms with Crippen LogP contribution < -0.4 is 14.8 Å². The van der Waals surface area contributed by atoms with Gasteiger partial charge in [0.15, 0.2) is 5.78 Å². The number of benzene rings is 2. The Labute approximate surface area is 176 Å². The van der Waals surface area contributed by atoms with E-state index < -0.39 is 31.1 Å². The van der Waals surface area contributed by atoms with Gasteiger partial charge in [-0.3, -0.25) is 9.59 Å². The normalized spacial score (nSPS) is 12.1. The largest absolute Gasteiger partial charge is 0.573 e. The van der Waals surface area contributed by atoms with Gasteiger partial charge in [-0.15, -0.1) is 13.2 Å². The molecule has 1 atom stereocenters. The van der Waals surface area contributed by atoms with Crippen LogP contribution in [0.3, 0.4) is 0 Å². The number of ketones is 1. The van der Waals surface area contributed by atoms with Crippen LogP contribution in [0.4, 0.5) is 13.2 Å². The first-order valence-corrected chi connectivity index (χ1v) is 9.25. The van der Waals surface area contributed by atoms with Crippen LogP contribution >= 0.6 is 0 Å². The number of halogens is 3. The van der Waals surface area contributed by atoms with Crippen LogP contribution in [0, 0.1) is 0 Å². The lowest BCUT2D eigenvalue weighted by Gasteiger charge is -2.18. The molecule has 1 amide bonds. The Morgan fingerprint density at radius 2 is 1.58 bits per heavy atom. The Morgan fingerprint density at radius 3 is 2.10 bits per heavy atom. The third-order valence-electron chi connectivity index (χ3n) is 4.31. The lowest BCUT2D eigenvalue weighted by atomic mass is 9.76. The zero-order valence-electron chi connectivity index (χ0n) is 16.6. The van der Waals surface area contributed by atoms with E-state index in [4.69, 9.17) is 4.74 Å². The van der Waals surface area contributed by atoms with Crippen molar-refractivity contribution in [3.63, 3.8) is 0 Å². The minimum atomic E-state index is -4.82. The van der Waals surface area contributed by atoms with Gasteiger partial charge in [0, 0.05) is 18.4 Å². The van der Waals surface area contributed by atoms with E-state index in [0.717, 1.165) is 12.1 Å². The molecule has 0 saturated carbocycles. The van der Waals surface area contributed by atoms with E-state index >= 15 is 0 Å². The highest BCUT2D eigenvalue weighted by Crippen LogP contribution is 2.23. The molecule has 0 saturated heterocycles. The molecule has 11 heteroatoms. The van der Waals surface area contributed by atoms with Crippen molar-refractivity contribution in [3.05, 3.63) is 59.7 Å². The first-order valence-electron chi connectivity index (χ1n) is 9.25. The second-order valence-electron chi connectivity index (χ2n) is 6.64. The summed E-state index contributed by atoms with van der Waals surface area (Å²) < 4.78 is 45.4. The van der Waals surface area contributed by atoms with Crippen LogP contribution in [0.5, 0.6) is 11.5 Å². The molecule has 2 rings (SSSR count). The molecule has 0 spiro atoms. The summed E-state index contributed by atoms with van der Waals surface area (Å²) in [6.07, 6.45) is -5.13. The van der Waals surface area contributed by atoms with Crippen LogP contribution in [-0.4, -0.2) is 48.3 Å². The first-order chi connectivity index (χ1) is 14.6. The van der Waals surface area contributed by atoms with Crippen LogP contribution in [-0.2, 0) is 11.2 Å². The number of carbonyl (C=O) groups excluding carboxylic acids is 2. The van der Waals surface area contributed by atoms with E-state index in [1.54, 1.807) is 24.3 Å². The van der Waals surface area contributed by atoms with Gasteiger partial charge in [-0.2, -0.15) is 0 Å². The van der Waals surface area contributed by atoms with Crippen molar-refractivity contribution in [1.82, 2.24) is 5.32 Å². The fourth-order valence-electron chi connectivity index (χ4n) is 2.74. The molecule has 0 aliphatic heterocycles. The Balaban J connectivity index is 1.88. The maximum atomic E-state index is 12.2. The lowest BCUT2D eigenvalue weighted by Crippen LogP contribution is -2.47. The number of hydrogen-bond donors (Lipinski definition) is 3. The third-order valence-corrected chi connectivity index (χ3v) is 4.31. The Morgan fingerprint density at radius 1 is 1.00 bits per heavy atom.